The predicted molar refractivity (Wildman–Crippen MR) is 94.2 cm³/mol. The van der Waals surface area contributed by atoms with Crippen molar-refractivity contribution < 1.29 is 13.2 Å². The van der Waals surface area contributed by atoms with E-state index in [2.05, 4.69) is 22.1 Å². The third kappa shape index (κ3) is 7.05. The summed E-state index contributed by atoms with van der Waals surface area (Å²) in [4.78, 5) is 6.91. The number of ether oxygens (including phenoxy) is 1. The van der Waals surface area contributed by atoms with Gasteiger partial charge in [0.2, 0.25) is 10.0 Å². The monoisotopic (exact) mass is 348 g/mol. The first-order chi connectivity index (χ1) is 10.9. The van der Waals surface area contributed by atoms with Gasteiger partial charge >= 0.3 is 0 Å². The van der Waals surface area contributed by atoms with Crippen molar-refractivity contribution >= 4 is 16.0 Å². The minimum atomic E-state index is -3.11. The fraction of sp³-hybridized carbons (Fsp3) is 0.933. The van der Waals surface area contributed by atoms with Gasteiger partial charge in [0.15, 0.2) is 5.96 Å². The van der Waals surface area contributed by atoms with Gasteiger partial charge in [-0.3, -0.25) is 4.99 Å². The first kappa shape index (κ1) is 20.2. The van der Waals surface area contributed by atoms with Crippen LogP contribution in [0.4, 0.5) is 0 Å². The molecule has 1 rings (SSSR count). The van der Waals surface area contributed by atoms with E-state index < -0.39 is 10.0 Å². The SMILES string of the molecule is CCNC(=NCCCN(CC)S(C)(=O)=O)N1CCC(COC)C1. The topological polar surface area (TPSA) is 74.2 Å². The molecule has 1 heterocycles. The normalized spacial score (nSPS) is 19.6. The Hall–Kier alpha value is -0.860. The van der Waals surface area contributed by atoms with Crippen LogP contribution in [0.15, 0.2) is 4.99 Å². The Morgan fingerprint density at radius 2 is 2.17 bits per heavy atom. The maximum Gasteiger partial charge on any atom is 0.211 e. The number of nitrogens with one attached hydrogen (secondary N) is 1. The van der Waals surface area contributed by atoms with E-state index >= 15 is 0 Å². The molecular formula is C15H32N4O3S. The first-order valence-corrected chi connectivity index (χ1v) is 10.2. The van der Waals surface area contributed by atoms with Gasteiger partial charge in [-0.05, 0) is 19.8 Å². The quantitative estimate of drug-likeness (QED) is 0.375. The predicted octanol–water partition coefficient (Wildman–Crippen LogP) is 0.592. The van der Waals surface area contributed by atoms with Crippen molar-refractivity contribution in [3.8, 4) is 0 Å². The molecule has 8 heteroatoms. The van der Waals surface area contributed by atoms with Crippen molar-refractivity contribution in [2.24, 2.45) is 10.9 Å². The average Bonchev–Trinajstić information content (AvgIpc) is 2.93. The summed E-state index contributed by atoms with van der Waals surface area (Å²) in [5.74, 6) is 1.48. The van der Waals surface area contributed by atoms with Crippen molar-refractivity contribution in [3.63, 3.8) is 0 Å². The number of rotatable bonds is 9. The highest BCUT2D eigenvalue weighted by Crippen LogP contribution is 2.16. The zero-order valence-corrected chi connectivity index (χ0v) is 15.7. The molecule has 1 saturated heterocycles. The third-order valence-electron chi connectivity index (χ3n) is 3.97. The van der Waals surface area contributed by atoms with Crippen LogP contribution in [-0.2, 0) is 14.8 Å². The van der Waals surface area contributed by atoms with Crippen molar-refractivity contribution in [1.82, 2.24) is 14.5 Å². The zero-order chi connectivity index (χ0) is 17.3. The highest BCUT2D eigenvalue weighted by atomic mass is 32.2. The maximum absolute atomic E-state index is 11.6. The van der Waals surface area contributed by atoms with Crippen molar-refractivity contribution in [2.75, 3.05) is 59.2 Å². The van der Waals surface area contributed by atoms with Gasteiger partial charge in [0.25, 0.3) is 0 Å². The standard InChI is InChI=1S/C15H32N4O3S/c1-5-16-15(18-11-8-14(12-18)13-22-3)17-9-7-10-19(6-2)23(4,20)21/h14H,5-13H2,1-4H3,(H,16,17). The maximum atomic E-state index is 11.6. The van der Waals surface area contributed by atoms with E-state index in [4.69, 9.17) is 4.74 Å². The molecule has 0 aromatic carbocycles. The molecule has 1 aliphatic heterocycles. The molecule has 0 amide bonds. The second-order valence-electron chi connectivity index (χ2n) is 5.90. The molecule has 1 aliphatic rings. The van der Waals surface area contributed by atoms with Gasteiger partial charge in [-0.25, -0.2) is 12.7 Å². The molecule has 0 aromatic rings. The van der Waals surface area contributed by atoms with E-state index in [-0.39, 0.29) is 0 Å². The smallest absolute Gasteiger partial charge is 0.211 e. The Kier molecular flexibility index (Phi) is 8.86. The summed E-state index contributed by atoms with van der Waals surface area (Å²) in [6.45, 7) is 9.13. The number of nitrogens with zero attached hydrogens (tertiary/aromatic N) is 3. The molecule has 0 aromatic heterocycles. The van der Waals surface area contributed by atoms with Crippen molar-refractivity contribution in [1.29, 1.82) is 0 Å². The molecule has 1 atom stereocenters. The summed E-state index contributed by atoms with van der Waals surface area (Å²) in [5, 5.41) is 3.32. The van der Waals surface area contributed by atoms with E-state index in [0.717, 1.165) is 45.0 Å². The molecule has 7 nitrogen and oxygen atoms in total. The fourth-order valence-electron chi connectivity index (χ4n) is 2.81. The van der Waals surface area contributed by atoms with Gasteiger partial charge in [0, 0.05) is 52.3 Å². The molecule has 0 radical (unpaired) electrons. The fourth-order valence-corrected chi connectivity index (χ4v) is 3.74. The van der Waals surface area contributed by atoms with E-state index in [1.54, 1.807) is 7.11 Å². The highest BCUT2D eigenvalue weighted by Gasteiger charge is 2.24. The number of methoxy groups -OCH3 is 1. The Labute approximate surface area is 141 Å². The van der Waals surface area contributed by atoms with Crippen LogP contribution in [-0.4, -0.2) is 82.8 Å². The summed E-state index contributed by atoms with van der Waals surface area (Å²) in [6, 6.07) is 0. The molecular weight excluding hydrogens is 316 g/mol. The number of guanidine groups is 1. The number of hydrogen-bond donors (Lipinski definition) is 1. The minimum Gasteiger partial charge on any atom is -0.384 e. The summed E-state index contributed by atoms with van der Waals surface area (Å²) < 4.78 is 29.8. The molecule has 136 valence electrons. The molecule has 0 bridgehead atoms. The van der Waals surface area contributed by atoms with Gasteiger partial charge in [0.1, 0.15) is 0 Å². The lowest BCUT2D eigenvalue weighted by Gasteiger charge is -2.22. The number of aliphatic imine (C=N–C) groups is 1. The zero-order valence-electron chi connectivity index (χ0n) is 14.9. The molecule has 1 fully saturated rings. The number of hydrogen-bond acceptors (Lipinski definition) is 4. The average molecular weight is 349 g/mol. The van der Waals surface area contributed by atoms with Crippen LogP contribution in [0.25, 0.3) is 0 Å². The van der Waals surface area contributed by atoms with E-state index in [1.165, 1.54) is 10.6 Å². The van der Waals surface area contributed by atoms with Gasteiger partial charge in [-0.15, -0.1) is 0 Å². The Morgan fingerprint density at radius 1 is 1.43 bits per heavy atom. The lowest BCUT2D eigenvalue weighted by molar-refractivity contribution is 0.157. The Bertz CT molecular complexity index is 467. The number of sulfonamides is 1. The van der Waals surface area contributed by atoms with Crippen LogP contribution in [0.1, 0.15) is 26.7 Å². The van der Waals surface area contributed by atoms with Gasteiger partial charge in [-0.2, -0.15) is 0 Å². The van der Waals surface area contributed by atoms with Crippen molar-refractivity contribution in [2.45, 2.75) is 26.7 Å². The second kappa shape index (κ2) is 10.1. The number of likely N-dealkylation sites (tertiary alicyclic amines) is 1. The van der Waals surface area contributed by atoms with Crippen LogP contribution in [0.2, 0.25) is 0 Å². The van der Waals surface area contributed by atoms with E-state index in [0.29, 0.717) is 25.6 Å². The summed E-state index contributed by atoms with van der Waals surface area (Å²) >= 11 is 0. The largest absolute Gasteiger partial charge is 0.384 e. The van der Waals surface area contributed by atoms with Gasteiger partial charge in [0.05, 0.1) is 12.9 Å². The van der Waals surface area contributed by atoms with E-state index in [9.17, 15) is 8.42 Å². The molecule has 0 aliphatic carbocycles. The summed E-state index contributed by atoms with van der Waals surface area (Å²) in [7, 11) is -1.37. The lowest BCUT2D eigenvalue weighted by Crippen LogP contribution is -2.40. The molecule has 0 spiro atoms. The highest BCUT2D eigenvalue weighted by molar-refractivity contribution is 7.88. The third-order valence-corrected chi connectivity index (χ3v) is 5.35. The summed E-state index contributed by atoms with van der Waals surface area (Å²) in [5.41, 5.74) is 0. The minimum absolute atomic E-state index is 0.507. The van der Waals surface area contributed by atoms with Crippen LogP contribution in [0.3, 0.4) is 0 Å². The molecule has 1 unspecified atom stereocenters. The lowest BCUT2D eigenvalue weighted by atomic mass is 10.1. The molecule has 23 heavy (non-hydrogen) atoms. The van der Waals surface area contributed by atoms with Crippen LogP contribution >= 0.6 is 0 Å². The van der Waals surface area contributed by atoms with Crippen LogP contribution in [0, 0.1) is 5.92 Å². The summed E-state index contributed by atoms with van der Waals surface area (Å²) in [6.07, 6.45) is 3.10. The first-order valence-electron chi connectivity index (χ1n) is 8.39. The van der Waals surface area contributed by atoms with Gasteiger partial charge < -0.3 is 15.0 Å². The van der Waals surface area contributed by atoms with Crippen LogP contribution < -0.4 is 5.32 Å². The van der Waals surface area contributed by atoms with Crippen molar-refractivity contribution in [3.05, 3.63) is 0 Å². The molecule has 0 saturated carbocycles. The van der Waals surface area contributed by atoms with Gasteiger partial charge in [-0.1, -0.05) is 6.92 Å². The Balaban J connectivity index is 2.49. The molecule has 1 N–H and O–H groups in total. The second-order valence-corrected chi connectivity index (χ2v) is 7.88. The Morgan fingerprint density at radius 3 is 2.74 bits per heavy atom. The van der Waals surface area contributed by atoms with Crippen LogP contribution in [0.5, 0.6) is 0 Å². The van der Waals surface area contributed by atoms with E-state index in [1.807, 2.05) is 6.92 Å².